The van der Waals surface area contributed by atoms with E-state index in [-0.39, 0.29) is 12.2 Å². The summed E-state index contributed by atoms with van der Waals surface area (Å²) in [4.78, 5) is 12.5. The van der Waals surface area contributed by atoms with Crippen molar-refractivity contribution >= 4 is 22.5 Å². The summed E-state index contributed by atoms with van der Waals surface area (Å²) in [7, 11) is 0. The second kappa shape index (κ2) is 7.18. The minimum Gasteiger partial charge on any atom is -0.378 e. The van der Waals surface area contributed by atoms with Crippen molar-refractivity contribution in [2.75, 3.05) is 5.32 Å². The maximum Gasteiger partial charge on any atom is 0.417 e. The molecule has 0 radical (unpaired) electrons. The molecule has 0 fully saturated rings. The van der Waals surface area contributed by atoms with Gasteiger partial charge in [-0.25, -0.2) is 4.39 Å². The van der Waals surface area contributed by atoms with Crippen LogP contribution < -0.4 is 5.32 Å². The standard InChI is InChI=1S/C19H14F4N4O2/c1-18(29,10-27-16-6-13(20)4-2-12(16)9-25-27)17(28)26-14-5-3-11(8-24)15(7-14)19(21,22)23/h2-7,9,29H,10H2,1H3,(H,26,28). The first-order valence-corrected chi connectivity index (χ1v) is 8.27. The molecule has 10 heteroatoms. The Balaban J connectivity index is 1.84. The minimum atomic E-state index is -4.79. The maximum absolute atomic E-state index is 13.5. The normalized spacial score (nSPS) is 13.7. The number of carbonyl (C=O) groups excluding carboxylic acids is 1. The van der Waals surface area contributed by atoms with Gasteiger partial charge in [-0.2, -0.15) is 23.5 Å². The number of amides is 1. The summed E-state index contributed by atoms with van der Waals surface area (Å²) in [5.74, 6) is -1.52. The molecule has 0 saturated carbocycles. The Bertz CT molecular complexity index is 1130. The molecular weight excluding hydrogens is 392 g/mol. The summed E-state index contributed by atoms with van der Waals surface area (Å²) >= 11 is 0. The van der Waals surface area contributed by atoms with Crippen molar-refractivity contribution in [3.8, 4) is 6.07 Å². The van der Waals surface area contributed by atoms with E-state index in [0.29, 0.717) is 17.0 Å². The number of hydrogen-bond donors (Lipinski definition) is 2. The van der Waals surface area contributed by atoms with Crippen molar-refractivity contribution in [1.82, 2.24) is 9.78 Å². The van der Waals surface area contributed by atoms with Gasteiger partial charge in [0.1, 0.15) is 5.82 Å². The molecule has 1 atom stereocenters. The number of halogens is 4. The van der Waals surface area contributed by atoms with Crippen molar-refractivity contribution in [1.29, 1.82) is 5.26 Å². The first kappa shape index (κ1) is 20.3. The fraction of sp³-hybridized carbons (Fsp3) is 0.211. The highest BCUT2D eigenvalue weighted by Crippen LogP contribution is 2.33. The van der Waals surface area contributed by atoms with Gasteiger partial charge in [0.15, 0.2) is 5.60 Å². The number of benzene rings is 2. The van der Waals surface area contributed by atoms with E-state index < -0.39 is 34.6 Å². The quantitative estimate of drug-likeness (QED) is 0.650. The molecule has 6 nitrogen and oxygen atoms in total. The second-order valence-electron chi connectivity index (χ2n) is 6.60. The van der Waals surface area contributed by atoms with Crippen LogP contribution in [0.5, 0.6) is 0 Å². The fourth-order valence-electron chi connectivity index (χ4n) is 2.75. The van der Waals surface area contributed by atoms with Crippen LogP contribution in [0.4, 0.5) is 23.2 Å². The lowest BCUT2D eigenvalue weighted by molar-refractivity contribution is -0.138. The number of hydrogen-bond acceptors (Lipinski definition) is 4. The Labute approximate surface area is 162 Å². The van der Waals surface area contributed by atoms with Gasteiger partial charge in [0.2, 0.25) is 0 Å². The first-order valence-electron chi connectivity index (χ1n) is 8.27. The lowest BCUT2D eigenvalue weighted by Crippen LogP contribution is -2.44. The molecule has 0 spiro atoms. The average Bonchev–Trinajstić information content (AvgIpc) is 3.02. The number of aromatic nitrogens is 2. The van der Waals surface area contributed by atoms with E-state index in [1.54, 1.807) is 0 Å². The SMILES string of the molecule is CC(O)(Cn1ncc2ccc(F)cc21)C(=O)Nc1ccc(C#N)c(C(F)(F)F)c1. The van der Waals surface area contributed by atoms with Crippen LogP contribution in [-0.4, -0.2) is 26.4 Å². The van der Waals surface area contributed by atoms with Gasteiger partial charge in [-0.3, -0.25) is 9.48 Å². The molecule has 29 heavy (non-hydrogen) atoms. The molecule has 0 aliphatic rings. The van der Waals surface area contributed by atoms with Crippen molar-refractivity contribution < 1.29 is 27.5 Å². The number of carbonyl (C=O) groups is 1. The molecule has 0 aliphatic heterocycles. The van der Waals surface area contributed by atoms with Gasteiger partial charge in [-0.05, 0) is 43.3 Å². The van der Waals surface area contributed by atoms with Crippen LogP contribution in [0.25, 0.3) is 10.9 Å². The van der Waals surface area contributed by atoms with Gasteiger partial charge in [0, 0.05) is 11.1 Å². The molecule has 0 bridgehead atoms. The molecule has 0 saturated heterocycles. The van der Waals surface area contributed by atoms with E-state index >= 15 is 0 Å². The molecular formula is C19H14F4N4O2. The highest BCUT2D eigenvalue weighted by atomic mass is 19.4. The summed E-state index contributed by atoms with van der Waals surface area (Å²) in [6, 6.07) is 8.02. The smallest absolute Gasteiger partial charge is 0.378 e. The lowest BCUT2D eigenvalue weighted by Gasteiger charge is -2.23. The molecule has 2 N–H and O–H groups in total. The van der Waals surface area contributed by atoms with Gasteiger partial charge < -0.3 is 10.4 Å². The third-order valence-corrected chi connectivity index (χ3v) is 4.26. The average molecular weight is 406 g/mol. The van der Waals surface area contributed by atoms with Crippen LogP contribution in [0.3, 0.4) is 0 Å². The molecule has 2 aromatic carbocycles. The Morgan fingerprint density at radius 1 is 1.28 bits per heavy atom. The van der Waals surface area contributed by atoms with Gasteiger partial charge in [0.25, 0.3) is 5.91 Å². The predicted molar refractivity (Wildman–Crippen MR) is 95.1 cm³/mol. The van der Waals surface area contributed by atoms with E-state index in [1.165, 1.54) is 35.1 Å². The van der Waals surface area contributed by atoms with E-state index in [1.807, 2.05) is 0 Å². The molecule has 3 rings (SSSR count). The topological polar surface area (TPSA) is 90.9 Å². The highest BCUT2D eigenvalue weighted by Gasteiger charge is 2.35. The van der Waals surface area contributed by atoms with Gasteiger partial charge in [-0.15, -0.1) is 0 Å². The molecule has 1 aromatic heterocycles. The van der Waals surface area contributed by atoms with E-state index in [0.717, 1.165) is 19.1 Å². The molecule has 1 heterocycles. The number of anilines is 1. The zero-order valence-corrected chi connectivity index (χ0v) is 15.0. The number of fused-ring (bicyclic) bond motifs is 1. The second-order valence-corrected chi connectivity index (χ2v) is 6.60. The fourth-order valence-corrected chi connectivity index (χ4v) is 2.75. The zero-order valence-electron chi connectivity index (χ0n) is 15.0. The van der Waals surface area contributed by atoms with Gasteiger partial charge >= 0.3 is 6.18 Å². The third-order valence-electron chi connectivity index (χ3n) is 4.26. The summed E-state index contributed by atoms with van der Waals surface area (Å²) in [5.41, 5.74) is -3.76. The number of nitrogens with one attached hydrogen (secondary N) is 1. The first-order chi connectivity index (χ1) is 13.5. The van der Waals surface area contributed by atoms with E-state index in [2.05, 4.69) is 10.4 Å². The molecule has 3 aromatic rings. The van der Waals surface area contributed by atoms with Crippen LogP contribution in [0.2, 0.25) is 0 Å². The van der Waals surface area contributed by atoms with Gasteiger partial charge in [0.05, 0.1) is 35.5 Å². The predicted octanol–water partition coefficient (Wildman–Crippen LogP) is 3.46. The van der Waals surface area contributed by atoms with Crippen molar-refractivity contribution in [3.05, 3.63) is 59.5 Å². The molecule has 1 unspecified atom stereocenters. The summed E-state index contributed by atoms with van der Waals surface area (Å²) in [6.07, 6.45) is -3.36. The van der Waals surface area contributed by atoms with Crippen molar-refractivity contribution in [2.24, 2.45) is 0 Å². The molecule has 1 amide bonds. The van der Waals surface area contributed by atoms with Gasteiger partial charge in [-0.1, -0.05) is 0 Å². The molecule has 0 aliphatic carbocycles. The Morgan fingerprint density at radius 2 is 2.00 bits per heavy atom. The van der Waals surface area contributed by atoms with Crippen molar-refractivity contribution in [2.45, 2.75) is 25.2 Å². The lowest BCUT2D eigenvalue weighted by atomic mass is 10.0. The van der Waals surface area contributed by atoms with E-state index in [9.17, 15) is 27.5 Å². The van der Waals surface area contributed by atoms with E-state index in [4.69, 9.17) is 5.26 Å². The van der Waals surface area contributed by atoms with Crippen molar-refractivity contribution in [3.63, 3.8) is 0 Å². The number of alkyl halides is 3. The Hall–Kier alpha value is -3.45. The zero-order chi connectivity index (χ0) is 21.4. The number of rotatable bonds is 4. The van der Waals surface area contributed by atoms with Crippen LogP contribution in [0.15, 0.2) is 42.6 Å². The van der Waals surface area contributed by atoms with Crippen LogP contribution in [-0.2, 0) is 17.5 Å². The third kappa shape index (κ3) is 4.20. The largest absolute Gasteiger partial charge is 0.417 e. The van der Waals surface area contributed by atoms with Crippen LogP contribution in [0.1, 0.15) is 18.1 Å². The number of nitriles is 1. The number of aliphatic hydroxyl groups is 1. The number of nitrogens with zero attached hydrogens (tertiary/aromatic N) is 3. The summed E-state index contributed by atoms with van der Waals surface area (Å²) in [6.45, 7) is 0.789. The maximum atomic E-state index is 13.5. The minimum absolute atomic E-state index is 0.238. The van der Waals surface area contributed by atoms with Crippen LogP contribution >= 0.6 is 0 Å². The Morgan fingerprint density at radius 3 is 2.66 bits per heavy atom. The Kier molecular flexibility index (Phi) is 5.02. The summed E-state index contributed by atoms with van der Waals surface area (Å²) in [5, 5.41) is 26.2. The monoisotopic (exact) mass is 406 g/mol. The molecule has 150 valence electrons. The highest BCUT2D eigenvalue weighted by molar-refractivity contribution is 5.97. The van der Waals surface area contributed by atoms with Crippen LogP contribution in [0, 0.1) is 17.1 Å². The summed E-state index contributed by atoms with van der Waals surface area (Å²) < 4.78 is 53.9.